The lowest BCUT2D eigenvalue weighted by Gasteiger charge is -2.25. The Morgan fingerprint density at radius 1 is 1.14 bits per heavy atom. The van der Waals surface area contributed by atoms with E-state index in [2.05, 4.69) is 0 Å². The molecule has 1 aliphatic rings. The molecule has 1 unspecified atom stereocenters. The quantitative estimate of drug-likeness (QED) is 0.433. The van der Waals surface area contributed by atoms with E-state index in [1.165, 1.54) is 6.08 Å². The van der Waals surface area contributed by atoms with E-state index < -0.39 is 58.4 Å². The molecule has 0 amide bonds. The average molecular weight is 412 g/mol. The van der Waals surface area contributed by atoms with Crippen molar-refractivity contribution in [2.45, 2.75) is 39.5 Å². The zero-order chi connectivity index (χ0) is 22.1. The van der Waals surface area contributed by atoms with Gasteiger partial charge in [-0.1, -0.05) is 11.6 Å². The molecule has 1 aromatic carbocycles. The number of phenols is 2. The highest BCUT2D eigenvalue weighted by Gasteiger charge is 2.44. The third-order valence-electron chi connectivity index (χ3n) is 4.37. The molecule has 0 aliphatic heterocycles. The Balaban J connectivity index is 2.47. The van der Waals surface area contributed by atoms with Crippen LogP contribution in [0.15, 0.2) is 35.4 Å². The highest BCUT2D eigenvalue weighted by molar-refractivity contribution is 6.27. The van der Waals surface area contributed by atoms with Crippen molar-refractivity contribution in [3.05, 3.63) is 46.6 Å². The summed E-state index contributed by atoms with van der Waals surface area (Å²) < 4.78 is 43.4. The van der Waals surface area contributed by atoms with Crippen LogP contribution in [-0.2, 0) is 9.53 Å². The second-order valence-corrected chi connectivity index (χ2v) is 6.85. The largest absolute Gasteiger partial charge is 0.507 e. The molecular formula is C20H19F3O6. The Morgan fingerprint density at radius 3 is 2.21 bits per heavy atom. The van der Waals surface area contributed by atoms with Crippen LogP contribution >= 0.6 is 0 Å². The van der Waals surface area contributed by atoms with Gasteiger partial charge in [0.1, 0.15) is 23.5 Å². The summed E-state index contributed by atoms with van der Waals surface area (Å²) in [4.78, 5) is 37.2. The highest BCUT2D eigenvalue weighted by Crippen LogP contribution is 2.37. The van der Waals surface area contributed by atoms with E-state index in [9.17, 15) is 37.8 Å². The lowest BCUT2D eigenvalue weighted by atomic mass is 9.85. The Morgan fingerprint density at radius 2 is 1.69 bits per heavy atom. The van der Waals surface area contributed by atoms with E-state index >= 15 is 0 Å². The van der Waals surface area contributed by atoms with Crippen molar-refractivity contribution < 1.29 is 42.5 Å². The summed E-state index contributed by atoms with van der Waals surface area (Å²) in [5, 5.41) is 19.8. The van der Waals surface area contributed by atoms with Crippen LogP contribution in [0.25, 0.3) is 0 Å². The Kier molecular flexibility index (Phi) is 6.20. The maximum absolute atomic E-state index is 12.8. The van der Waals surface area contributed by atoms with Gasteiger partial charge in [0.25, 0.3) is 0 Å². The molecule has 29 heavy (non-hydrogen) atoms. The van der Waals surface area contributed by atoms with Crippen molar-refractivity contribution in [2.24, 2.45) is 5.92 Å². The maximum Gasteiger partial charge on any atom is 0.401 e. The van der Waals surface area contributed by atoms with Gasteiger partial charge in [-0.05, 0) is 39.0 Å². The first-order valence-corrected chi connectivity index (χ1v) is 8.60. The molecule has 9 heteroatoms. The number of Topliss-reactive ketones (excluding diaryl/α,β-unsaturated/α-hetero) is 1. The average Bonchev–Trinajstić information content (AvgIpc) is 2.61. The molecule has 1 aliphatic carbocycles. The van der Waals surface area contributed by atoms with Crippen molar-refractivity contribution in [3.8, 4) is 11.5 Å². The maximum atomic E-state index is 12.8. The minimum absolute atomic E-state index is 0.154. The monoisotopic (exact) mass is 412 g/mol. The van der Waals surface area contributed by atoms with Crippen LogP contribution < -0.4 is 0 Å². The summed E-state index contributed by atoms with van der Waals surface area (Å²) in [5.74, 6) is -6.92. The van der Waals surface area contributed by atoms with E-state index in [0.29, 0.717) is 6.92 Å². The summed E-state index contributed by atoms with van der Waals surface area (Å²) in [6, 6.07) is 2.04. The number of halogens is 3. The third-order valence-corrected chi connectivity index (χ3v) is 4.37. The first-order valence-electron chi connectivity index (χ1n) is 8.60. The number of ether oxygens (including phenoxy) is 1. The van der Waals surface area contributed by atoms with Crippen LogP contribution in [0.5, 0.6) is 11.5 Å². The first-order chi connectivity index (χ1) is 13.3. The van der Waals surface area contributed by atoms with Crippen LogP contribution in [0.3, 0.4) is 0 Å². The van der Waals surface area contributed by atoms with Gasteiger partial charge in [-0.3, -0.25) is 14.4 Å². The minimum atomic E-state index is -4.84. The van der Waals surface area contributed by atoms with Crippen molar-refractivity contribution in [2.75, 3.05) is 0 Å². The molecule has 0 saturated heterocycles. The zero-order valence-corrected chi connectivity index (χ0v) is 15.8. The molecular weight excluding hydrogens is 393 g/mol. The van der Waals surface area contributed by atoms with Gasteiger partial charge in [-0.2, -0.15) is 13.2 Å². The standard InChI is InChI=1S/C20H19F3O6/c1-9(2)4-7-15(29-19(28)10(3)20(21,22)23)11-8-14(26)16-12(24)5-6-13(25)17(16)18(11)27/h4-6,8,10,15,24-25H,7H2,1-3H3/t10?,15-/m1/s1. The Labute approximate surface area is 164 Å². The van der Waals surface area contributed by atoms with Gasteiger partial charge < -0.3 is 14.9 Å². The van der Waals surface area contributed by atoms with Gasteiger partial charge in [0.05, 0.1) is 11.1 Å². The molecule has 156 valence electrons. The summed E-state index contributed by atoms with van der Waals surface area (Å²) in [5.41, 5.74) is -0.557. The van der Waals surface area contributed by atoms with Gasteiger partial charge in [0.2, 0.25) is 0 Å². The number of hydrogen-bond donors (Lipinski definition) is 2. The number of hydrogen-bond acceptors (Lipinski definition) is 6. The van der Waals surface area contributed by atoms with E-state index in [1.54, 1.807) is 13.8 Å². The van der Waals surface area contributed by atoms with Gasteiger partial charge >= 0.3 is 12.1 Å². The molecule has 2 rings (SSSR count). The van der Waals surface area contributed by atoms with Gasteiger partial charge in [-0.15, -0.1) is 0 Å². The fourth-order valence-corrected chi connectivity index (χ4v) is 2.68. The summed E-state index contributed by atoms with van der Waals surface area (Å²) >= 11 is 0. The molecule has 2 N–H and O–H groups in total. The summed E-state index contributed by atoms with van der Waals surface area (Å²) in [6.45, 7) is 4.01. The normalized spacial score (nSPS) is 15.9. The lowest BCUT2D eigenvalue weighted by Crippen LogP contribution is -2.35. The smallest absolute Gasteiger partial charge is 0.401 e. The highest BCUT2D eigenvalue weighted by atomic mass is 19.4. The number of benzene rings is 1. The predicted molar refractivity (Wildman–Crippen MR) is 95.7 cm³/mol. The molecule has 0 radical (unpaired) electrons. The molecule has 1 aromatic rings. The fourth-order valence-electron chi connectivity index (χ4n) is 2.68. The second kappa shape index (κ2) is 8.10. The number of phenolic OH excluding ortho intramolecular Hbond substituents is 2. The number of ketones is 2. The predicted octanol–water partition coefficient (Wildman–Crippen LogP) is 3.87. The number of aromatic hydroxyl groups is 2. The molecule has 0 spiro atoms. The zero-order valence-electron chi connectivity index (χ0n) is 15.8. The lowest BCUT2D eigenvalue weighted by molar-refractivity contribution is -0.196. The van der Waals surface area contributed by atoms with Crippen molar-refractivity contribution in [1.29, 1.82) is 0 Å². The Bertz CT molecular complexity index is 923. The molecule has 0 saturated carbocycles. The van der Waals surface area contributed by atoms with E-state index in [1.807, 2.05) is 0 Å². The molecule has 0 aromatic heterocycles. The molecule has 6 nitrogen and oxygen atoms in total. The number of carbonyl (C=O) groups is 3. The summed E-state index contributed by atoms with van der Waals surface area (Å²) in [7, 11) is 0. The minimum Gasteiger partial charge on any atom is -0.507 e. The number of rotatable bonds is 5. The van der Waals surface area contributed by atoms with Crippen LogP contribution in [-0.4, -0.2) is 40.0 Å². The van der Waals surface area contributed by atoms with Gasteiger partial charge in [0.15, 0.2) is 11.6 Å². The molecule has 2 atom stereocenters. The number of esters is 1. The third kappa shape index (κ3) is 4.67. The molecule has 0 fully saturated rings. The first kappa shape index (κ1) is 22.2. The molecule has 0 heterocycles. The van der Waals surface area contributed by atoms with E-state index in [0.717, 1.165) is 23.8 Å². The summed E-state index contributed by atoms with van der Waals surface area (Å²) in [6.07, 6.45) is -4.13. The molecule has 0 bridgehead atoms. The van der Waals surface area contributed by atoms with Crippen LogP contribution in [0, 0.1) is 5.92 Å². The van der Waals surface area contributed by atoms with Crippen LogP contribution in [0.2, 0.25) is 0 Å². The Hall–Kier alpha value is -3.10. The fraction of sp³-hybridized carbons (Fsp3) is 0.350. The number of carbonyl (C=O) groups excluding carboxylic acids is 3. The van der Waals surface area contributed by atoms with Crippen LogP contribution in [0.1, 0.15) is 47.9 Å². The van der Waals surface area contributed by atoms with E-state index in [4.69, 9.17) is 4.74 Å². The number of fused-ring (bicyclic) bond motifs is 1. The van der Waals surface area contributed by atoms with Crippen LogP contribution in [0.4, 0.5) is 13.2 Å². The van der Waals surface area contributed by atoms with E-state index in [-0.39, 0.29) is 12.0 Å². The van der Waals surface area contributed by atoms with Gasteiger partial charge in [0, 0.05) is 12.0 Å². The van der Waals surface area contributed by atoms with Crippen molar-refractivity contribution in [3.63, 3.8) is 0 Å². The number of alkyl halides is 3. The number of allylic oxidation sites excluding steroid dienone is 2. The topological polar surface area (TPSA) is 101 Å². The van der Waals surface area contributed by atoms with Gasteiger partial charge in [-0.25, -0.2) is 0 Å². The second-order valence-electron chi connectivity index (χ2n) is 6.85. The van der Waals surface area contributed by atoms with Crippen molar-refractivity contribution >= 4 is 17.5 Å². The van der Waals surface area contributed by atoms with Crippen molar-refractivity contribution in [1.82, 2.24) is 0 Å². The SMILES string of the molecule is CC(C)=CC[C@@H](OC(=O)C(C)C(F)(F)F)C1=CC(=O)c2c(O)ccc(O)c2C1=O.